The number of likely N-dealkylation sites (N-methyl/N-ethyl adjacent to an activating group) is 1. The molecule has 1 fully saturated rings. The summed E-state index contributed by atoms with van der Waals surface area (Å²) in [5, 5.41) is 9.11. The standard InChI is InChI=1S/C47H55I2N3O3/c1-8-52-41-19-12-11-18-38(41)47(6,7)42(52)23-22-36-16-13-15-35(21-20-33(3)46(4,5)37-17-10-9-14-32(37)2)44(36)51-26-24-50(25-27-51)30-34-28-39(48)45(40(49)29-34)55-31-43(53)54/h9-12,14,17-23,28-29H,3,8,13,15-16,24-27,30-31H2,1-2,4-7H3,(H,53,54)/b21-20+,36-22+,42-23+. The smallest absolute Gasteiger partial charge is 0.341 e. The third-order valence-corrected chi connectivity index (χ3v) is 13.3. The van der Waals surface area contributed by atoms with Crippen LogP contribution in [0.4, 0.5) is 5.69 Å². The third kappa shape index (κ3) is 8.96. The second kappa shape index (κ2) is 17.4. The number of allylic oxidation sites excluding steroid dienone is 8. The fraction of sp³-hybridized carbons (Fsp3) is 0.383. The van der Waals surface area contributed by atoms with Gasteiger partial charge in [-0.15, -0.1) is 0 Å². The highest BCUT2D eigenvalue weighted by molar-refractivity contribution is 14.1. The van der Waals surface area contributed by atoms with Gasteiger partial charge in [0.2, 0.25) is 0 Å². The molecule has 1 N–H and O–H groups in total. The minimum atomic E-state index is -0.971. The molecule has 0 atom stereocenters. The molecule has 2 aliphatic heterocycles. The molecule has 3 aromatic rings. The van der Waals surface area contributed by atoms with E-state index in [1.807, 2.05) is 0 Å². The van der Waals surface area contributed by atoms with Crippen molar-refractivity contribution in [1.82, 2.24) is 9.80 Å². The molecule has 3 aliphatic rings. The lowest BCUT2D eigenvalue weighted by atomic mass is 9.76. The van der Waals surface area contributed by atoms with Gasteiger partial charge in [0.25, 0.3) is 0 Å². The Bertz CT molecular complexity index is 2040. The van der Waals surface area contributed by atoms with E-state index in [9.17, 15) is 4.79 Å². The summed E-state index contributed by atoms with van der Waals surface area (Å²) in [6, 6.07) is 21.8. The molecule has 0 amide bonds. The first-order chi connectivity index (χ1) is 26.2. The van der Waals surface area contributed by atoms with Gasteiger partial charge in [0.05, 0.1) is 7.14 Å². The zero-order valence-electron chi connectivity index (χ0n) is 33.2. The molecule has 3 aromatic carbocycles. The summed E-state index contributed by atoms with van der Waals surface area (Å²) >= 11 is 4.51. The topological polar surface area (TPSA) is 56.3 Å². The predicted molar refractivity (Wildman–Crippen MR) is 244 cm³/mol. The number of fused-ring (bicyclic) bond motifs is 1. The quantitative estimate of drug-likeness (QED) is 0.144. The molecule has 1 aliphatic carbocycles. The second-order valence-corrected chi connectivity index (χ2v) is 18.3. The maximum absolute atomic E-state index is 11.1. The van der Waals surface area contributed by atoms with Crippen molar-refractivity contribution in [2.75, 3.05) is 44.2 Å². The van der Waals surface area contributed by atoms with Crippen LogP contribution in [0.5, 0.6) is 5.75 Å². The zero-order valence-corrected chi connectivity index (χ0v) is 37.5. The van der Waals surface area contributed by atoms with Crippen molar-refractivity contribution in [3.05, 3.63) is 149 Å². The number of carboxylic acids is 1. The molecule has 0 unspecified atom stereocenters. The average molecular weight is 964 g/mol. The van der Waals surface area contributed by atoms with E-state index in [-0.39, 0.29) is 17.4 Å². The van der Waals surface area contributed by atoms with E-state index in [0.29, 0.717) is 5.75 Å². The van der Waals surface area contributed by atoms with Crippen molar-refractivity contribution in [2.24, 2.45) is 0 Å². The van der Waals surface area contributed by atoms with Crippen molar-refractivity contribution >= 4 is 56.8 Å². The van der Waals surface area contributed by atoms with Gasteiger partial charge in [-0.25, -0.2) is 4.79 Å². The van der Waals surface area contributed by atoms with Gasteiger partial charge in [-0.1, -0.05) is 95.0 Å². The highest BCUT2D eigenvalue weighted by Crippen LogP contribution is 2.48. The van der Waals surface area contributed by atoms with Crippen LogP contribution in [0.2, 0.25) is 0 Å². The molecule has 0 radical (unpaired) electrons. The highest BCUT2D eigenvalue weighted by Gasteiger charge is 2.39. The van der Waals surface area contributed by atoms with Crippen LogP contribution in [0.25, 0.3) is 0 Å². The number of para-hydroxylation sites is 1. The molecule has 290 valence electrons. The SMILES string of the molecule is C=C(/C=C/C1=C(N2CCN(Cc3cc(I)c(OCC(=O)O)c(I)c3)CC2)C(=C/C=C2/N(CC)c3ccccc3C2(C)C)/CCC1)C(C)(C)c1ccccc1C. The number of hydrogen-bond acceptors (Lipinski definition) is 5. The van der Waals surface area contributed by atoms with E-state index < -0.39 is 5.97 Å². The number of carboxylic acid groups (broad SMARTS) is 1. The van der Waals surface area contributed by atoms with Crippen LogP contribution >= 0.6 is 45.2 Å². The first-order valence-corrected chi connectivity index (χ1v) is 21.6. The Labute approximate surface area is 356 Å². The minimum Gasteiger partial charge on any atom is -0.480 e. The summed E-state index contributed by atoms with van der Waals surface area (Å²) in [5.74, 6) is -0.324. The maximum atomic E-state index is 11.1. The number of benzene rings is 3. The summed E-state index contributed by atoms with van der Waals surface area (Å²) in [5.41, 5.74) is 12.9. The molecule has 1 saturated heterocycles. The fourth-order valence-electron chi connectivity index (χ4n) is 8.52. The van der Waals surface area contributed by atoms with Gasteiger partial charge in [0.1, 0.15) is 5.75 Å². The molecule has 55 heavy (non-hydrogen) atoms. The Morgan fingerprint density at radius 1 is 0.982 bits per heavy atom. The minimum absolute atomic E-state index is 0.0777. The second-order valence-electron chi connectivity index (χ2n) is 16.0. The molecule has 0 bridgehead atoms. The number of ether oxygens (including phenoxy) is 1. The molecular formula is C47H55I2N3O3. The predicted octanol–water partition coefficient (Wildman–Crippen LogP) is 10.9. The lowest BCUT2D eigenvalue weighted by Crippen LogP contribution is -2.46. The monoisotopic (exact) mass is 963 g/mol. The van der Waals surface area contributed by atoms with Crippen molar-refractivity contribution < 1.29 is 14.6 Å². The number of carbonyl (C=O) groups is 1. The fourth-order valence-corrected chi connectivity index (χ4v) is 10.7. The molecule has 0 saturated carbocycles. The van der Waals surface area contributed by atoms with Crippen molar-refractivity contribution in [1.29, 1.82) is 0 Å². The van der Waals surface area contributed by atoms with E-state index in [0.717, 1.165) is 71.2 Å². The number of piperazine rings is 1. The normalized spacial score (nSPS) is 19.1. The van der Waals surface area contributed by atoms with Gasteiger partial charge < -0.3 is 19.6 Å². The van der Waals surface area contributed by atoms with E-state index in [1.54, 1.807) is 0 Å². The summed E-state index contributed by atoms with van der Waals surface area (Å²) in [4.78, 5) is 18.8. The maximum Gasteiger partial charge on any atom is 0.341 e. The summed E-state index contributed by atoms with van der Waals surface area (Å²) in [7, 11) is 0. The number of aryl methyl sites for hydroxylation is 1. The van der Waals surface area contributed by atoms with Gasteiger partial charge in [-0.2, -0.15) is 0 Å². The summed E-state index contributed by atoms with van der Waals surface area (Å²) < 4.78 is 7.46. The van der Waals surface area contributed by atoms with Crippen LogP contribution in [0.1, 0.15) is 76.1 Å². The Balaban J connectivity index is 1.30. The molecule has 6 nitrogen and oxygen atoms in total. The van der Waals surface area contributed by atoms with E-state index in [1.165, 1.54) is 50.5 Å². The Hall–Kier alpha value is -3.35. The number of nitrogens with zero attached hydrogens (tertiary/aromatic N) is 3. The average Bonchev–Trinajstić information content (AvgIpc) is 3.37. The lowest BCUT2D eigenvalue weighted by molar-refractivity contribution is -0.139. The first-order valence-electron chi connectivity index (χ1n) is 19.5. The third-order valence-electron chi connectivity index (χ3n) is 11.7. The van der Waals surface area contributed by atoms with Crippen LogP contribution in [0.15, 0.2) is 120 Å². The Morgan fingerprint density at radius 3 is 2.33 bits per heavy atom. The lowest BCUT2D eigenvalue weighted by Gasteiger charge is -2.40. The van der Waals surface area contributed by atoms with E-state index in [4.69, 9.17) is 9.84 Å². The van der Waals surface area contributed by atoms with E-state index >= 15 is 0 Å². The largest absolute Gasteiger partial charge is 0.480 e. The molecular weight excluding hydrogens is 908 g/mol. The van der Waals surface area contributed by atoms with Crippen LogP contribution in [0, 0.1) is 14.1 Å². The van der Waals surface area contributed by atoms with Crippen LogP contribution in [0.3, 0.4) is 0 Å². The zero-order chi connectivity index (χ0) is 39.5. The van der Waals surface area contributed by atoms with Crippen molar-refractivity contribution in [2.45, 2.75) is 78.2 Å². The number of rotatable bonds is 12. The van der Waals surface area contributed by atoms with Crippen molar-refractivity contribution in [3.63, 3.8) is 0 Å². The van der Waals surface area contributed by atoms with Crippen LogP contribution in [-0.2, 0) is 22.2 Å². The highest BCUT2D eigenvalue weighted by atomic mass is 127. The summed E-state index contributed by atoms with van der Waals surface area (Å²) in [6.45, 7) is 23.6. The Kier molecular flexibility index (Phi) is 13.1. The van der Waals surface area contributed by atoms with E-state index in [2.05, 4.69) is 193 Å². The van der Waals surface area contributed by atoms with Crippen molar-refractivity contribution in [3.8, 4) is 5.75 Å². The van der Waals surface area contributed by atoms with Crippen LogP contribution in [-0.4, -0.2) is 60.2 Å². The van der Waals surface area contributed by atoms with Gasteiger partial charge in [-0.3, -0.25) is 4.90 Å². The molecule has 2 heterocycles. The number of hydrogen-bond donors (Lipinski definition) is 1. The first kappa shape index (κ1) is 41.3. The van der Waals surface area contributed by atoms with Gasteiger partial charge in [-0.05, 0) is 142 Å². The van der Waals surface area contributed by atoms with Gasteiger partial charge in [0, 0.05) is 67.2 Å². The van der Waals surface area contributed by atoms with Crippen LogP contribution < -0.4 is 9.64 Å². The number of aliphatic carboxylic acids is 1. The van der Waals surface area contributed by atoms with Gasteiger partial charge in [0.15, 0.2) is 6.61 Å². The Morgan fingerprint density at radius 2 is 1.65 bits per heavy atom. The summed E-state index contributed by atoms with van der Waals surface area (Å²) in [6.07, 6.45) is 12.7. The number of anilines is 1. The number of halogens is 2. The molecule has 0 spiro atoms. The molecule has 0 aromatic heterocycles. The molecule has 6 rings (SSSR count). The van der Waals surface area contributed by atoms with Gasteiger partial charge >= 0.3 is 5.97 Å². The molecule has 8 heteroatoms.